The van der Waals surface area contributed by atoms with Crippen molar-refractivity contribution >= 4 is 24.0 Å². The molecule has 0 saturated carbocycles. The molecule has 1 rings (SSSR count). The molecule has 0 aromatic heterocycles. The first-order valence-corrected chi connectivity index (χ1v) is 10.9. The number of hydrogen-bond donors (Lipinski definition) is 2. The number of alkyl carbamates (subject to hydrolysis) is 1. The molecule has 32 heavy (non-hydrogen) atoms. The van der Waals surface area contributed by atoms with Crippen molar-refractivity contribution in [3.05, 3.63) is 35.9 Å². The van der Waals surface area contributed by atoms with Crippen LogP contribution in [0.1, 0.15) is 52.0 Å². The average molecular weight is 450 g/mol. The van der Waals surface area contributed by atoms with E-state index in [1.807, 2.05) is 37.3 Å². The zero-order chi connectivity index (χ0) is 23.9. The number of rotatable bonds is 12. The molecule has 0 radical (unpaired) electrons. The zero-order valence-corrected chi connectivity index (χ0v) is 19.4. The van der Waals surface area contributed by atoms with Crippen molar-refractivity contribution in [3.63, 3.8) is 0 Å². The minimum atomic E-state index is -1.09. The third-order valence-corrected chi connectivity index (χ3v) is 4.43. The molecule has 0 aliphatic heterocycles. The number of guanidine groups is 1. The molecule has 1 aromatic carbocycles. The summed E-state index contributed by atoms with van der Waals surface area (Å²) in [5.41, 5.74) is 1.13. The SMILES string of the molecule is CCCCOC(=O)CN(C)C(=N)NC(=O)OC(OC(=O)CCCc1ccccc1)C(C)C. The van der Waals surface area contributed by atoms with Crippen LogP contribution in [-0.4, -0.2) is 55.4 Å². The highest BCUT2D eigenvalue weighted by Gasteiger charge is 2.24. The lowest BCUT2D eigenvalue weighted by Crippen LogP contribution is -2.45. The number of amides is 1. The number of esters is 2. The number of benzene rings is 1. The number of unbranched alkanes of at least 4 members (excludes halogenated alkanes) is 1. The number of nitrogens with one attached hydrogen (secondary N) is 2. The zero-order valence-electron chi connectivity index (χ0n) is 19.4. The minimum Gasteiger partial charge on any atom is -0.464 e. The van der Waals surface area contributed by atoms with Crippen LogP contribution in [0.25, 0.3) is 0 Å². The van der Waals surface area contributed by atoms with Gasteiger partial charge in [-0.25, -0.2) is 4.79 Å². The molecule has 0 bridgehead atoms. The van der Waals surface area contributed by atoms with Gasteiger partial charge in [0.2, 0.25) is 5.96 Å². The van der Waals surface area contributed by atoms with E-state index in [9.17, 15) is 14.4 Å². The maximum absolute atomic E-state index is 12.2. The summed E-state index contributed by atoms with van der Waals surface area (Å²) >= 11 is 0. The standard InChI is InChI=1S/C23H35N3O6/c1-5-6-15-30-20(28)16-26(4)22(24)25-23(29)32-21(17(2)3)31-19(27)14-10-13-18-11-8-7-9-12-18/h7-9,11-12,17,21H,5-6,10,13-16H2,1-4H3,(H2,24,25,29). The maximum atomic E-state index is 12.2. The number of carbonyl (C=O) groups excluding carboxylic acids is 3. The van der Waals surface area contributed by atoms with Crippen LogP contribution in [0.5, 0.6) is 0 Å². The third kappa shape index (κ3) is 11.3. The first kappa shape index (κ1) is 26.9. The second kappa shape index (κ2) is 14.8. The molecule has 1 aromatic rings. The highest BCUT2D eigenvalue weighted by molar-refractivity contribution is 5.93. The van der Waals surface area contributed by atoms with Crippen LogP contribution < -0.4 is 5.32 Å². The van der Waals surface area contributed by atoms with Crippen LogP contribution in [0.4, 0.5) is 4.79 Å². The molecule has 9 nitrogen and oxygen atoms in total. The second-order valence-corrected chi connectivity index (χ2v) is 7.75. The van der Waals surface area contributed by atoms with E-state index < -0.39 is 24.3 Å². The molecule has 1 atom stereocenters. The lowest BCUT2D eigenvalue weighted by atomic mass is 10.1. The smallest absolute Gasteiger partial charge is 0.417 e. The van der Waals surface area contributed by atoms with E-state index in [1.165, 1.54) is 11.9 Å². The van der Waals surface area contributed by atoms with E-state index in [2.05, 4.69) is 5.32 Å². The van der Waals surface area contributed by atoms with Gasteiger partial charge in [-0.15, -0.1) is 0 Å². The van der Waals surface area contributed by atoms with Gasteiger partial charge in [0.05, 0.1) is 6.61 Å². The molecule has 0 spiro atoms. The van der Waals surface area contributed by atoms with E-state index in [-0.39, 0.29) is 24.8 Å². The summed E-state index contributed by atoms with van der Waals surface area (Å²) in [6.45, 7) is 5.61. The van der Waals surface area contributed by atoms with Crippen LogP contribution in [0.2, 0.25) is 0 Å². The first-order valence-electron chi connectivity index (χ1n) is 10.9. The normalized spacial score (nSPS) is 11.4. The van der Waals surface area contributed by atoms with E-state index in [0.717, 1.165) is 24.8 Å². The molecular formula is C23H35N3O6. The lowest BCUT2D eigenvalue weighted by Gasteiger charge is -2.23. The molecule has 0 saturated heterocycles. The molecule has 0 aliphatic rings. The highest BCUT2D eigenvalue weighted by Crippen LogP contribution is 2.12. The van der Waals surface area contributed by atoms with E-state index in [4.69, 9.17) is 19.6 Å². The van der Waals surface area contributed by atoms with Crippen LogP contribution in [0.3, 0.4) is 0 Å². The van der Waals surface area contributed by atoms with Gasteiger partial charge in [-0.1, -0.05) is 57.5 Å². The summed E-state index contributed by atoms with van der Waals surface area (Å²) in [6, 6.07) is 9.81. The highest BCUT2D eigenvalue weighted by atomic mass is 16.7. The Balaban J connectivity index is 2.41. The van der Waals surface area contributed by atoms with Crippen molar-refractivity contribution in [2.45, 2.75) is 59.2 Å². The fraction of sp³-hybridized carbons (Fsp3) is 0.565. The molecule has 2 N–H and O–H groups in total. The van der Waals surface area contributed by atoms with Gasteiger partial charge in [-0.2, -0.15) is 0 Å². The molecule has 0 fully saturated rings. The fourth-order valence-electron chi connectivity index (χ4n) is 2.54. The van der Waals surface area contributed by atoms with Gasteiger partial charge in [0.1, 0.15) is 6.54 Å². The van der Waals surface area contributed by atoms with Gasteiger partial charge in [0.15, 0.2) is 0 Å². The summed E-state index contributed by atoms with van der Waals surface area (Å²) in [5.74, 6) is -1.57. The maximum Gasteiger partial charge on any atom is 0.417 e. The lowest BCUT2D eigenvalue weighted by molar-refractivity contribution is -0.174. The molecule has 178 valence electrons. The van der Waals surface area contributed by atoms with Crippen molar-refractivity contribution in [1.29, 1.82) is 5.41 Å². The second-order valence-electron chi connectivity index (χ2n) is 7.75. The predicted octanol–water partition coefficient (Wildman–Crippen LogP) is 3.47. The first-order chi connectivity index (χ1) is 15.2. The fourth-order valence-corrected chi connectivity index (χ4v) is 2.54. The van der Waals surface area contributed by atoms with Crippen LogP contribution >= 0.6 is 0 Å². The molecule has 0 heterocycles. The van der Waals surface area contributed by atoms with Crippen molar-refractivity contribution < 1.29 is 28.6 Å². The van der Waals surface area contributed by atoms with Crippen LogP contribution in [0.15, 0.2) is 30.3 Å². The van der Waals surface area contributed by atoms with Crippen molar-refractivity contribution in [1.82, 2.24) is 10.2 Å². The number of aryl methyl sites for hydroxylation is 1. The number of carbonyl (C=O) groups is 3. The molecule has 9 heteroatoms. The van der Waals surface area contributed by atoms with Gasteiger partial charge in [0.25, 0.3) is 6.29 Å². The van der Waals surface area contributed by atoms with E-state index >= 15 is 0 Å². The Morgan fingerprint density at radius 2 is 1.75 bits per heavy atom. The number of likely N-dealkylation sites (N-methyl/N-ethyl adjacent to an activating group) is 1. The van der Waals surface area contributed by atoms with Crippen molar-refractivity contribution in [2.75, 3.05) is 20.2 Å². The Hall–Kier alpha value is -3.10. The third-order valence-electron chi connectivity index (χ3n) is 4.43. The number of ether oxygens (including phenoxy) is 3. The summed E-state index contributed by atoms with van der Waals surface area (Å²) in [7, 11) is 1.47. The quantitative estimate of drug-likeness (QED) is 0.165. The topological polar surface area (TPSA) is 118 Å². The largest absolute Gasteiger partial charge is 0.464 e. The monoisotopic (exact) mass is 449 g/mol. The average Bonchev–Trinajstić information content (AvgIpc) is 2.74. The number of nitrogens with zero attached hydrogens (tertiary/aromatic N) is 1. The van der Waals surface area contributed by atoms with Gasteiger partial charge in [0, 0.05) is 19.4 Å². The van der Waals surface area contributed by atoms with Crippen molar-refractivity contribution in [2.24, 2.45) is 5.92 Å². The molecule has 1 unspecified atom stereocenters. The number of hydrogen-bond acceptors (Lipinski definition) is 7. The summed E-state index contributed by atoms with van der Waals surface area (Å²) in [6.07, 6.45) is 1.19. The molecule has 1 amide bonds. The van der Waals surface area contributed by atoms with Gasteiger partial charge >= 0.3 is 18.0 Å². The summed E-state index contributed by atoms with van der Waals surface area (Å²) in [5, 5.41) is 10.1. The summed E-state index contributed by atoms with van der Waals surface area (Å²) in [4.78, 5) is 37.2. The Kier molecular flexibility index (Phi) is 12.5. The Bertz CT molecular complexity index is 739. The Morgan fingerprint density at radius 1 is 1.06 bits per heavy atom. The van der Waals surface area contributed by atoms with E-state index in [1.54, 1.807) is 13.8 Å². The molecule has 0 aliphatic carbocycles. The van der Waals surface area contributed by atoms with Gasteiger partial charge in [-0.05, 0) is 24.8 Å². The van der Waals surface area contributed by atoms with Crippen molar-refractivity contribution in [3.8, 4) is 0 Å². The predicted molar refractivity (Wildman–Crippen MR) is 120 cm³/mol. The Morgan fingerprint density at radius 3 is 2.38 bits per heavy atom. The van der Waals surface area contributed by atoms with E-state index in [0.29, 0.717) is 13.0 Å². The summed E-state index contributed by atoms with van der Waals surface area (Å²) < 4.78 is 15.5. The Labute approximate surface area is 189 Å². The molecular weight excluding hydrogens is 414 g/mol. The van der Waals surface area contributed by atoms with Gasteiger partial charge in [-0.3, -0.25) is 20.3 Å². The van der Waals surface area contributed by atoms with Crippen LogP contribution in [0, 0.1) is 11.3 Å². The minimum absolute atomic E-state index is 0.188. The van der Waals surface area contributed by atoms with Gasteiger partial charge < -0.3 is 19.1 Å². The van der Waals surface area contributed by atoms with Crippen LogP contribution in [-0.2, 0) is 30.2 Å².